The summed E-state index contributed by atoms with van der Waals surface area (Å²) in [5, 5.41) is 0.751. The van der Waals surface area contributed by atoms with E-state index in [-0.39, 0.29) is 5.91 Å². The molecule has 0 N–H and O–H groups in total. The molecule has 1 aromatic carbocycles. The summed E-state index contributed by atoms with van der Waals surface area (Å²) in [7, 11) is 0. The first-order valence-electron chi connectivity index (χ1n) is 7.00. The fourth-order valence-corrected chi connectivity index (χ4v) is 3.49. The Bertz CT molecular complexity index is 630. The van der Waals surface area contributed by atoms with Gasteiger partial charge in [0.05, 0.1) is 4.88 Å². The Morgan fingerprint density at radius 2 is 1.71 bits per heavy atom. The quantitative estimate of drug-likeness (QED) is 0.843. The van der Waals surface area contributed by atoms with Crippen LogP contribution in [0.1, 0.15) is 14.5 Å². The summed E-state index contributed by atoms with van der Waals surface area (Å²) in [5.74, 6) is 0.156. The number of rotatable bonds is 2. The lowest BCUT2D eigenvalue weighted by atomic mass is 10.2. The SMILES string of the molecule is Cc1ccc(C(=O)N2CCN(c3ccc(Cl)cc3)CC2)s1. The number of nitrogens with zero attached hydrogens (tertiary/aromatic N) is 2. The maximum atomic E-state index is 12.4. The molecule has 1 aliphatic heterocycles. The van der Waals surface area contributed by atoms with Crippen molar-refractivity contribution < 1.29 is 4.79 Å². The van der Waals surface area contributed by atoms with Gasteiger partial charge in [-0.05, 0) is 43.3 Å². The third kappa shape index (κ3) is 3.22. The number of anilines is 1. The van der Waals surface area contributed by atoms with Crippen molar-refractivity contribution in [2.24, 2.45) is 0 Å². The van der Waals surface area contributed by atoms with Gasteiger partial charge in [-0.2, -0.15) is 0 Å². The highest BCUT2D eigenvalue weighted by Crippen LogP contribution is 2.21. The van der Waals surface area contributed by atoms with E-state index in [1.807, 2.05) is 48.2 Å². The third-order valence-electron chi connectivity index (χ3n) is 3.71. The van der Waals surface area contributed by atoms with Gasteiger partial charge in [0.1, 0.15) is 0 Å². The summed E-state index contributed by atoms with van der Waals surface area (Å²) >= 11 is 7.48. The number of carbonyl (C=O) groups is 1. The van der Waals surface area contributed by atoms with Crippen LogP contribution in [0.15, 0.2) is 36.4 Å². The highest BCUT2D eigenvalue weighted by atomic mass is 35.5. The maximum absolute atomic E-state index is 12.4. The smallest absolute Gasteiger partial charge is 0.264 e. The minimum atomic E-state index is 0.156. The summed E-state index contributed by atoms with van der Waals surface area (Å²) in [4.78, 5) is 18.7. The molecular formula is C16H17ClN2OS. The van der Waals surface area contributed by atoms with Crippen molar-refractivity contribution >= 4 is 34.5 Å². The summed E-state index contributed by atoms with van der Waals surface area (Å²) in [6.45, 7) is 5.27. The number of hydrogen-bond donors (Lipinski definition) is 0. The predicted octanol–water partition coefficient (Wildman–Crippen LogP) is 3.67. The highest BCUT2D eigenvalue weighted by Gasteiger charge is 2.23. The van der Waals surface area contributed by atoms with Crippen molar-refractivity contribution in [3.8, 4) is 0 Å². The molecule has 110 valence electrons. The molecule has 2 heterocycles. The minimum Gasteiger partial charge on any atom is -0.368 e. The normalized spacial score (nSPS) is 15.3. The first kappa shape index (κ1) is 14.4. The molecule has 0 saturated carbocycles. The molecule has 3 rings (SSSR count). The molecule has 1 fully saturated rings. The van der Waals surface area contributed by atoms with Crippen molar-refractivity contribution in [3.63, 3.8) is 0 Å². The zero-order chi connectivity index (χ0) is 14.8. The van der Waals surface area contributed by atoms with E-state index in [0.717, 1.165) is 36.1 Å². The zero-order valence-electron chi connectivity index (χ0n) is 11.9. The fourth-order valence-electron chi connectivity index (χ4n) is 2.52. The highest BCUT2D eigenvalue weighted by molar-refractivity contribution is 7.13. The van der Waals surface area contributed by atoms with E-state index in [0.29, 0.717) is 0 Å². The third-order valence-corrected chi connectivity index (χ3v) is 4.95. The Hall–Kier alpha value is -1.52. The Kier molecular flexibility index (Phi) is 4.17. The van der Waals surface area contributed by atoms with Crippen molar-refractivity contribution in [3.05, 3.63) is 51.2 Å². The van der Waals surface area contributed by atoms with Gasteiger partial charge in [-0.1, -0.05) is 11.6 Å². The van der Waals surface area contributed by atoms with Crippen LogP contribution in [0.25, 0.3) is 0 Å². The monoisotopic (exact) mass is 320 g/mol. The van der Waals surface area contributed by atoms with Crippen LogP contribution in [-0.2, 0) is 0 Å². The molecular weight excluding hydrogens is 304 g/mol. The first-order chi connectivity index (χ1) is 10.1. The Morgan fingerprint density at radius 3 is 2.29 bits per heavy atom. The van der Waals surface area contributed by atoms with Crippen LogP contribution in [0, 0.1) is 6.92 Å². The standard InChI is InChI=1S/C16H17ClN2OS/c1-12-2-7-15(21-12)16(20)19-10-8-18(9-11-19)14-5-3-13(17)4-6-14/h2-7H,8-11H2,1H3. The van der Waals surface area contributed by atoms with Gasteiger partial charge in [0.2, 0.25) is 0 Å². The topological polar surface area (TPSA) is 23.6 Å². The first-order valence-corrected chi connectivity index (χ1v) is 8.19. The number of hydrogen-bond acceptors (Lipinski definition) is 3. The molecule has 0 bridgehead atoms. The van der Waals surface area contributed by atoms with Crippen LogP contribution >= 0.6 is 22.9 Å². The number of thiophene rings is 1. The summed E-state index contributed by atoms with van der Waals surface area (Å²) < 4.78 is 0. The second-order valence-corrected chi connectivity index (χ2v) is 6.89. The largest absolute Gasteiger partial charge is 0.368 e. The van der Waals surface area contributed by atoms with Gasteiger partial charge in [0.15, 0.2) is 0 Å². The summed E-state index contributed by atoms with van der Waals surface area (Å²) in [6, 6.07) is 11.8. The van der Waals surface area contributed by atoms with Crippen LogP contribution in [0.3, 0.4) is 0 Å². The molecule has 2 aromatic rings. The molecule has 0 spiro atoms. The number of carbonyl (C=O) groups excluding carboxylic acids is 1. The van der Waals surface area contributed by atoms with Gasteiger partial charge >= 0.3 is 0 Å². The molecule has 0 atom stereocenters. The fraction of sp³-hybridized carbons (Fsp3) is 0.312. The molecule has 1 aliphatic rings. The molecule has 3 nitrogen and oxygen atoms in total. The molecule has 0 unspecified atom stereocenters. The Morgan fingerprint density at radius 1 is 1.05 bits per heavy atom. The van der Waals surface area contributed by atoms with Crippen LogP contribution < -0.4 is 4.90 Å². The molecule has 1 amide bonds. The molecule has 0 radical (unpaired) electrons. The average Bonchev–Trinajstić information content (AvgIpc) is 2.94. The lowest BCUT2D eigenvalue weighted by Crippen LogP contribution is -2.48. The second kappa shape index (κ2) is 6.08. The molecule has 0 aliphatic carbocycles. The summed E-state index contributed by atoms with van der Waals surface area (Å²) in [6.07, 6.45) is 0. The van der Waals surface area contributed by atoms with E-state index >= 15 is 0 Å². The lowest BCUT2D eigenvalue weighted by Gasteiger charge is -2.36. The second-order valence-electron chi connectivity index (χ2n) is 5.17. The number of benzene rings is 1. The van der Waals surface area contributed by atoms with Gasteiger partial charge in [-0.25, -0.2) is 0 Å². The Labute approximate surface area is 133 Å². The average molecular weight is 321 g/mol. The summed E-state index contributed by atoms with van der Waals surface area (Å²) in [5.41, 5.74) is 1.17. The zero-order valence-corrected chi connectivity index (χ0v) is 13.5. The number of piperazine rings is 1. The van der Waals surface area contributed by atoms with Gasteiger partial charge in [-0.3, -0.25) is 4.79 Å². The van der Waals surface area contributed by atoms with Gasteiger partial charge in [0.25, 0.3) is 5.91 Å². The van der Waals surface area contributed by atoms with Crippen molar-refractivity contribution in [1.29, 1.82) is 0 Å². The van der Waals surface area contributed by atoms with Gasteiger partial charge in [0, 0.05) is 41.8 Å². The van der Waals surface area contributed by atoms with Gasteiger partial charge in [-0.15, -0.1) is 11.3 Å². The van der Waals surface area contributed by atoms with Crippen LogP contribution in [0.5, 0.6) is 0 Å². The molecule has 1 saturated heterocycles. The van der Waals surface area contributed by atoms with E-state index in [4.69, 9.17) is 11.6 Å². The molecule has 5 heteroatoms. The van der Waals surface area contributed by atoms with Crippen molar-refractivity contribution in [2.75, 3.05) is 31.1 Å². The van der Waals surface area contributed by atoms with Gasteiger partial charge < -0.3 is 9.80 Å². The minimum absolute atomic E-state index is 0.156. The van der Waals surface area contributed by atoms with E-state index in [2.05, 4.69) is 4.90 Å². The number of halogens is 1. The van der Waals surface area contributed by atoms with E-state index in [1.165, 1.54) is 10.6 Å². The number of amides is 1. The van der Waals surface area contributed by atoms with E-state index in [9.17, 15) is 4.79 Å². The van der Waals surface area contributed by atoms with Crippen molar-refractivity contribution in [1.82, 2.24) is 4.90 Å². The maximum Gasteiger partial charge on any atom is 0.264 e. The van der Waals surface area contributed by atoms with E-state index < -0.39 is 0 Å². The predicted molar refractivity (Wildman–Crippen MR) is 88.6 cm³/mol. The molecule has 21 heavy (non-hydrogen) atoms. The van der Waals surface area contributed by atoms with E-state index in [1.54, 1.807) is 11.3 Å². The Balaban J connectivity index is 1.62. The lowest BCUT2D eigenvalue weighted by molar-refractivity contribution is 0.0751. The molecule has 1 aromatic heterocycles. The van der Waals surface area contributed by atoms with Crippen LogP contribution in [-0.4, -0.2) is 37.0 Å². The number of aryl methyl sites for hydroxylation is 1. The van der Waals surface area contributed by atoms with Crippen LogP contribution in [0.4, 0.5) is 5.69 Å². The van der Waals surface area contributed by atoms with Crippen molar-refractivity contribution in [2.45, 2.75) is 6.92 Å². The van der Waals surface area contributed by atoms with Crippen LogP contribution in [0.2, 0.25) is 5.02 Å².